The van der Waals surface area contributed by atoms with Gasteiger partial charge >= 0.3 is 0 Å². The molecule has 1 N–H and O–H groups in total. The molecule has 0 aromatic heterocycles. The van der Waals surface area contributed by atoms with Crippen LogP contribution in [0.5, 0.6) is 0 Å². The molecule has 0 atom stereocenters. The van der Waals surface area contributed by atoms with Gasteiger partial charge in [-0.1, -0.05) is 37.6 Å². The van der Waals surface area contributed by atoms with Crippen LogP contribution in [0.2, 0.25) is 0 Å². The summed E-state index contributed by atoms with van der Waals surface area (Å²) in [7, 11) is 0. The predicted molar refractivity (Wildman–Crippen MR) is 67.2 cm³/mol. The van der Waals surface area contributed by atoms with Gasteiger partial charge in [0.05, 0.1) is 0 Å². The highest BCUT2D eigenvalue weighted by atomic mass is 16.1. The van der Waals surface area contributed by atoms with Crippen molar-refractivity contribution in [2.75, 3.05) is 6.54 Å². The Morgan fingerprint density at radius 1 is 1.40 bits per heavy atom. The second-order valence-electron chi connectivity index (χ2n) is 2.86. The van der Waals surface area contributed by atoms with Gasteiger partial charge in [-0.05, 0) is 19.1 Å². The van der Waals surface area contributed by atoms with E-state index in [1.807, 2.05) is 45.0 Å². The van der Waals surface area contributed by atoms with Gasteiger partial charge in [0.2, 0.25) is 0 Å². The van der Waals surface area contributed by atoms with Crippen LogP contribution in [0.15, 0.2) is 36.9 Å². The molecule has 0 radical (unpaired) electrons. The first-order chi connectivity index (χ1) is 7.24. The van der Waals surface area contributed by atoms with Gasteiger partial charge in [-0.3, -0.25) is 4.79 Å². The van der Waals surface area contributed by atoms with Gasteiger partial charge in [0, 0.05) is 13.5 Å². The summed E-state index contributed by atoms with van der Waals surface area (Å²) in [5.74, 6) is -0.0556. The molecule has 0 fully saturated rings. The summed E-state index contributed by atoms with van der Waals surface area (Å²) in [5.41, 5.74) is 1.84. The van der Waals surface area contributed by atoms with E-state index in [2.05, 4.69) is 11.9 Å². The molecular formula is C13H21NO. The molecule has 0 unspecified atom stereocenters. The highest BCUT2D eigenvalue weighted by Crippen LogP contribution is 2.02. The summed E-state index contributed by atoms with van der Waals surface area (Å²) in [6.07, 6.45) is 1.66. The summed E-state index contributed by atoms with van der Waals surface area (Å²) < 4.78 is 0. The largest absolute Gasteiger partial charge is 0.349 e. The number of aryl methyl sites for hydroxylation is 1. The average molecular weight is 207 g/mol. The fraction of sp³-hybridized carbons (Fsp3) is 0.308. The summed E-state index contributed by atoms with van der Waals surface area (Å²) in [6, 6.07) is 7.47. The molecule has 0 aliphatic carbocycles. The van der Waals surface area contributed by atoms with Crippen LogP contribution < -0.4 is 5.32 Å². The van der Waals surface area contributed by atoms with Crippen LogP contribution in [0.25, 0.3) is 0 Å². The summed E-state index contributed by atoms with van der Waals surface area (Å²) >= 11 is 0. The lowest BCUT2D eigenvalue weighted by atomic mass is 10.1. The Hall–Kier alpha value is -1.57. The molecule has 84 valence electrons. The van der Waals surface area contributed by atoms with E-state index in [-0.39, 0.29) is 7.33 Å². The van der Waals surface area contributed by atoms with Crippen LogP contribution >= 0.6 is 0 Å². The lowest BCUT2D eigenvalue weighted by Crippen LogP contribution is -2.22. The Morgan fingerprint density at radius 3 is 2.40 bits per heavy atom. The van der Waals surface area contributed by atoms with Gasteiger partial charge in [-0.2, -0.15) is 0 Å². The van der Waals surface area contributed by atoms with E-state index in [4.69, 9.17) is 0 Å². The standard InChI is InChI=1S/C11H13NO.C2H6.H2/c1-3-8-12-11(13)10-6-4-9(2)5-7-10;1-2;/h3-7H,1,8H2,2H3,(H,12,13);1-2H3;1H. The lowest BCUT2D eigenvalue weighted by molar-refractivity contribution is 0.0958. The molecule has 0 aliphatic heterocycles. The number of carbonyl (C=O) groups excluding carboxylic acids is 1. The zero-order chi connectivity index (χ0) is 11.7. The van der Waals surface area contributed by atoms with Crippen molar-refractivity contribution in [1.29, 1.82) is 0 Å². The molecular weight excluding hydrogens is 186 g/mol. The first kappa shape index (κ1) is 13.4. The third-order valence-electron chi connectivity index (χ3n) is 1.72. The first-order valence-electron chi connectivity index (χ1n) is 5.20. The molecule has 0 aliphatic rings. The van der Waals surface area contributed by atoms with Crippen molar-refractivity contribution < 1.29 is 6.22 Å². The van der Waals surface area contributed by atoms with Crippen LogP contribution in [-0.2, 0) is 0 Å². The van der Waals surface area contributed by atoms with E-state index in [1.54, 1.807) is 6.08 Å². The third-order valence-corrected chi connectivity index (χ3v) is 1.72. The van der Waals surface area contributed by atoms with E-state index in [1.165, 1.54) is 0 Å². The second kappa shape index (κ2) is 7.80. The number of hydrogen-bond acceptors (Lipinski definition) is 1. The van der Waals surface area contributed by atoms with Crippen molar-refractivity contribution in [1.82, 2.24) is 5.32 Å². The highest BCUT2D eigenvalue weighted by Gasteiger charge is 2.01. The number of hydrogen-bond donors (Lipinski definition) is 1. The molecule has 1 rings (SSSR count). The van der Waals surface area contributed by atoms with Gasteiger partial charge in [0.25, 0.3) is 5.91 Å². The highest BCUT2D eigenvalue weighted by molar-refractivity contribution is 5.94. The van der Waals surface area contributed by atoms with E-state index in [0.717, 1.165) is 5.56 Å². The zero-order valence-corrected chi connectivity index (χ0v) is 9.71. The molecule has 0 saturated heterocycles. The van der Waals surface area contributed by atoms with Crippen molar-refractivity contribution in [3.05, 3.63) is 48.0 Å². The molecule has 2 nitrogen and oxygen atoms in total. The summed E-state index contributed by atoms with van der Waals surface area (Å²) in [6.45, 7) is 10.0. The number of amides is 1. The maximum atomic E-state index is 11.4. The van der Waals surface area contributed by atoms with Crippen molar-refractivity contribution in [3.63, 3.8) is 0 Å². The van der Waals surface area contributed by atoms with Crippen LogP contribution in [0, 0.1) is 6.92 Å². The summed E-state index contributed by atoms with van der Waals surface area (Å²) in [5, 5.41) is 2.71. The first-order valence-corrected chi connectivity index (χ1v) is 5.20. The average Bonchev–Trinajstić information content (AvgIpc) is 2.29. The number of nitrogens with one attached hydrogen (secondary N) is 1. The Balaban J connectivity index is 0. The predicted octanol–water partition coefficient (Wildman–Crippen LogP) is 3.18. The molecule has 0 saturated carbocycles. The van der Waals surface area contributed by atoms with Crippen LogP contribution in [-0.4, -0.2) is 12.5 Å². The second-order valence-corrected chi connectivity index (χ2v) is 2.86. The maximum Gasteiger partial charge on any atom is 0.251 e. The molecule has 0 spiro atoms. The molecule has 0 heterocycles. The summed E-state index contributed by atoms with van der Waals surface area (Å²) in [4.78, 5) is 11.4. The van der Waals surface area contributed by atoms with Crippen molar-refractivity contribution in [2.45, 2.75) is 20.8 Å². The van der Waals surface area contributed by atoms with Crippen LogP contribution in [0.3, 0.4) is 0 Å². The monoisotopic (exact) mass is 207 g/mol. The fourth-order valence-electron chi connectivity index (χ4n) is 0.972. The molecule has 1 aromatic carbocycles. The SMILES string of the molecule is C=CCNC(=O)c1ccc(C)cc1.CC.[HH]. The van der Waals surface area contributed by atoms with Crippen molar-refractivity contribution in [2.24, 2.45) is 0 Å². The quantitative estimate of drug-likeness (QED) is 0.758. The number of rotatable bonds is 3. The van der Waals surface area contributed by atoms with Gasteiger partial charge in [-0.15, -0.1) is 6.58 Å². The number of benzene rings is 1. The zero-order valence-electron chi connectivity index (χ0n) is 9.71. The van der Waals surface area contributed by atoms with E-state index in [9.17, 15) is 4.79 Å². The smallest absolute Gasteiger partial charge is 0.251 e. The van der Waals surface area contributed by atoms with Crippen LogP contribution in [0.1, 0.15) is 31.2 Å². The van der Waals surface area contributed by atoms with Gasteiger partial charge in [0.1, 0.15) is 0 Å². The maximum absolute atomic E-state index is 11.4. The van der Waals surface area contributed by atoms with E-state index >= 15 is 0 Å². The van der Waals surface area contributed by atoms with Gasteiger partial charge in [-0.25, -0.2) is 0 Å². The third kappa shape index (κ3) is 5.01. The van der Waals surface area contributed by atoms with Gasteiger partial charge < -0.3 is 5.32 Å². The molecule has 0 bridgehead atoms. The molecule has 2 heteroatoms. The minimum atomic E-state index is -0.0556. The minimum absolute atomic E-state index is 0. The molecule has 1 aromatic rings. The van der Waals surface area contributed by atoms with Crippen molar-refractivity contribution >= 4 is 5.91 Å². The van der Waals surface area contributed by atoms with E-state index in [0.29, 0.717) is 12.1 Å². The Bertz CT molecular complexity index is 306. The Morgan fingerprint density at radius 2 is 1.93 bits per heavy atom. The fourth-order valence-corrected chi connectivity index (χ4v) is 0.972. The van der Waals surface area contributed by atoms with Crippen molar-refractivity contribution in [3.8, 4) is 0 Å². The normalized spacial score (nSPS) is 8.47. The number of carbonyl (C=O) groups is 1. The Kier molecular flexibility index (Phi) is 6.98. The topological polar surface area (TPSA) is 29.1 Å². The minimum Gasteiger partial charge on any atom is -0.349 e. The lowest BCUT2D eigenvalue weighted by Gasteiger charge is -2.01. The molecule has 1 amide bonds. The molecule has 15 heavy (non-hydrogen) atoms. The Labute approximate surface area is 93.5 Å². The van der Waals surface area contributed by atoms with Gasteiger partial charge in [0.15, 0.2) is 0 Å². The van der Waals surface area contributed by atoms with Crippen LogP contribution in [0.4, 0.5) is 0 Å². The van der Waals surface area contributed by atoms with E-state index < -0.39 is 0 Å².